The lowest BCUT2D eigenvalue weighted by molar-refractivity contribution is 0.167. The summed E-state index contributed by atoms with van der Waals surface area (Å²) >= 11 is 0. The molecule has 1 heterocycles. The van der Waals surface area contributed by atoms with Gasteiger partial charge in [-0.15, -0.1) is 0 Å². The molecule has 1 fully saturated rings. The van der Waals surface area contributed by atoms with Gasteiger partial charge in [0, 0.05) is 31.4 Å². The van der Waals surface area contributed by atoms with E-state index in [1.165, 1.54) is 24.1 Å². The topological polar surface area (TPSA) is 6.48 Å². The number of nitrogens with zero attached hydrogens (tertiary/aromatic N) is 2. The molecule has 19 heavy (non-hydrogen) atoms. The average Bonchev–Trinajstić information content (AvgIpc) is 2.40. The third-order valence-electron chi connectivity index (χ3n) is 4.01. The molecule has 1 aliphatic rings. The molecular weight excluding hydrogens is 232 g/mol. The van der Waals surface area contributed by atoms with E-state index in [2.05, 4.69) is 62.4 Å². The highest BCUT2D eigenvalue weighted by atomic mass is 15.2. The van der Waals surface area contributed by atoms with Crippen LogP contribution in [0.4, 0.5) is 0 Å². The van der Waals surface area contributed by atoms with Gasteiger partial charge in [-0.3, -0.25) is 0 Å². The largest absolute Gasteiger partial charge is 0.377 e. The van der Waals surface area contributed by atoms with Crippen molar-refractivity contribution in [3.8, 4) is 0 Å². The van der Waals surface area contributed by atoms with Crippen molar-refractivity contribution in [2.45, 2.75) is 53.0 Å². The van der Waals surface area contributed by atoms with E-state index in [0.29, 0.717) is 6.04 Å². The maximum atomic E-state index is 4.09. The number of hydrogen-bond donors (Lipinski definition) is 0. The molecule has 0 aromatic rings. The van der Waals surface area contributed by atoms with Gasteiger partial charge in [0.2, 0.25) is 0 Å². The molecule has 0 N–H and O–H groups in total. The third kappa shape index (κ3) is 5.14. The van der Waals surface area contributed by atoms with Crippen LogP contribution < -0.4 is 0 Å². The molecule has 0 bridgehead atoms. The number of piperidine rings is 1. The molecule has 2 heteroatoms. The molecular formula is C17H30N2. The predicted molar refractivity (Wildman–Crippen MR) is 85.0 cm³/mol. The van der Waals surface area contributed by atoms with E-state index < -0.39 is 0 Å². The van der Waals surface area contributed by atoms with Gasteiger partial charge in [0.05, 0.1) is 0 Å². The first-order chi connectivity index (χ1) is 9.08. The molecule has 0 saturated carbocycles. The van der Waals surface area contributed by atoms with Crippen LogP contribution in [0.5, 0.6) is 0 Å². The standard InChI is InChI=1S/C17H30N2/c1-6-16(5)9-8-12-18-13-10-17(11-14-18)19(7-2)15(3)4/h8-9,12,17H,3,6-7,10-11,13-14H2,1-2,4-5H3/b12-8+,16-9-. The number of rotatable bonds is 6. The monoisotopic (exact) mass is 262 g/mol. The maximum Gasteiger partial charge on any atom is 0.0320 e. The Kier molecular flexibility index (Phi) is 6.75. The van der Waals surface area contributed by atoms with Crippen molar-refractivity contribution in [2.24, 2.45) is 0 Å². The highest BCUT2D eigenvalue weighted by Crippen LogP contribution is 2.19. The van der Waals surface area contributed by atoms with Crippen molar-refractivity contribution in [2.75, 3.05) is 19.6 Å². The van der Waals surface area contributed by atoms with Crippen LogP contribution in [0.3, 0.4) is 0 Å². The van der Waals surface area contributed by atoms with Crippen molar-refractivity contribution >= 4 is 0 Å². The molecule has 0 aromatic heterocycles. The quantitative estimate of drug-likeness (QED) is 0.663. The van der Waals surface area contributed by atoms with E-state index in [1.807, 2.05) is 0 Å². The minimum Gasteiger partial charge on any atom is -0.377 e. The van der Waals surface area contributed by atoms with E-state index in [9.17, 15) is 0 Å². The lowest BCUT2D eigenvalue weighted by Gasteiger charge is -2.39. The van der Waals surface area contributed by atoms with Crippen LogP contribution in [0.15, 0.2) is 36.2 Å². The Labute approximate surface area is 119 Å². The summed E-state index contributed by atoms with van der Waals surface area (Å²) in [5, 5.41) is 0. The minimum atomic E-state index is 0.681. The summed E-state index contributed by atoms with van der Waals surface area (Å²) in [5.74, 6) is 0. The molecule has 2 nitrogen and oxygen atoms in total. The first kappa shape index (κ1) is 15.9. The summed E-state index contributed by atoms with van der Waals surface area (Å²) < 4.78 is 0. The molecule has 108 valence electrons. The third-order valence-corrected chi connectivity index (χ3v) is 4.01. The second-order valence-corrected chi connectivity index (χ2v) is 5.50. The van der Waals surface area contributed by atoms with E-state index in [0.717, 1.165) is 26.1 Å². The second-order valence-electron chi connectivity index (χ2n) is 5.50. The Hall–Kier alpha value is -1.18. The Morgan fingerprint density at radius 2 is 1.89 bits per heavy atom. The van der Waals surface area contributed by atoms with E-state index in [1.54, 1.807) is 0 Å². The van der Waals surface area contributed by atoms with Gasteiger partial charge >= 0.3 is 0 Å². The van der Waals surface area contributed by atoms with Gasteiger partial charge in [0.1, 0.15) is 0 Å². The van der Waals surface area contributed by atoms with Gasteiger partial charge in [0.15, 0.2) is 0 Å². The van der Waals surface area contributed by atoms with E-state index in [4.69, 9.17) is 0 Å². The summed E-state index contributed by atoms with van der Waals surface area (Å²) in [7, 11) is 0. The van der Waals surface area contributed by atoms with Gasteiger partial charge in [0.25, 0.3) is 0 Å². The lowest BCUT2D eigenvalue weighted by Crippen LogP contribution is -2.42. The van der Waals surface area contributed by atoms with Crippen molar-refractivity contribution < 1.29 is 0 Å². The average molecular weight is 262 g/mol. The van der Waals surface area contributed by atoms with Crippen LogP contribution in [0, 0.1) is 0 Å². The Balaban J connectivity index is 2.42. The van der Waals surface area contributed by atoms with E-state index in [-0.39, 0.29) is 0 Å². The van der Waals surface area contributed by atoms with Crippen LogP contribution >= 0.6 is 0 Å². The fraction of sp³-hybridized carbons (Fsp3) is 0.647. The van der Waals surface area contributed by atoms with Crippen LogP contribution in [0.1, 0.15) is 47.0 Å². The molecule has 0 radical (unpaired) electrons. The first-order valence-electron chi connectivity index (χ1n) is 7.58. The predicted octanol–water partition coefficient (Wildman–Crippen LogP) is 4.18. The van der Waals surface area contributed by atoms with Gasteiger partial charge in [-0.05, 0) is 52.3 Å². The molecule has 1 aliphatic heterocycles. The minimum absolute atomic E-state index is 0.681. The summed E-state index contributed by atoms with van der Waals surface area (Å²) in [4.78, 5) is 4.88. The smallest absolute Gasteiger partial charge is 0.0320 e. The van der Waals surface area contributed by atoms with E-state index >= 15 is 0 Å². The van der Waals surface area contributed by atoms with Gasteiger partial charge in [-0.25, -0.2) is 0 Å². The fourth-order valence-electron chi connectivity index (χ4n) is 2.63. The molecule has 0 unspecified atom stereocenters. The SMILES string of the molecule is C=C(C)N(CC)C1CCN(/C=C/C=C(/C)CC)CC1. The summed E-state index contributed by atoms with van der Waals surface area (Å²) in [5.41, 5.74) is 2.64. The van der Waals surface area contributed by atoms with Crippen molar-refractivity contribution in [1.29, 1.82) is 0 Å². The normalized spacial score (nSPS) is 18.1. The number of likely N-dealkylation sites (tertiary alicyclic amines) is 1. The zero-order chi connectivity index (χ0) is 14.3. The lowest BCUT2D eigenvalue weighted by atomic mass is 10.0. The van der Waals surface area contributed by atoms with Gasteiger partial charge in [-0.2, -0.15) is 0 Å². The first-order valence-corrected chi connectivity index (χ1v) is 7.58. The Bertz CT molecular complexity index is 333. The number of hydrogen-bond acceptors (Lipinski definition) is 2. The highest BCUT2D eigenvalue weighted by molar-refractivity contribution is 5.10. The molecule has 1 saturated heterocycles. The summed E-state index contributed by atoms with van der Waals surface area (Å²) in [6.07, 6.45) is 10.3. The van der Waals surface area contributed by atoms with Gasteiger partial charge in [-0.1, -0.05) is 25.2 Å². The van der Waals surface area contributed by atoms with Crippen LogP contribution in [0.25, 0.3) is 0 Å². The molecule has 0 aromatic carbocycles. The zero-order valence-electron chi connectivity index (χ0n) is 13.2. The summed E-state index contributed by atoms with van der Waals surface area (Å²) in [6.45, 7) is 16.2. The zero-order valence-corrected chi connectivity index (χ0v) is 13.2. The van der Waals surface area contributed by atoms with Crippen LogP contribution in [-0.4, -0.2) is 35.5 Å². The maximum absolute atomic E-state index is 4.09. The van der Waals surface area contributed by atoms with Crippen molar-refractivity contribution in [3.05, 3.63) is 36.2 Å². The molecule has 0 amide bonds. The Morgan fingerprint density at radius 3 is 2.37 bits per heavy atom. The van der Waals surface area contributed by atoms with Crippen LogP contribution in [-0.2, 0) is 0 Å². The molecule has 0 atom stereocenters. The summed E-state index contributed by atoms with van der Waals surface area (Å²) in [6, 6.07) is 0.681. The number of allylic oxidation sites excluding steroid dienone is 4. The molecule has 0 aliphatic carbocycles. The fourth-order valence-corrected chi connectivity index (χ4v) is 2.63. The second kappa shape index (κ2) is 8.08. The molecule has 0 spiro atoms. The van der Waals surface area contributed by atoms with Crippen molar-refractivity contribution in [3.63, 3.8) is 0 Å². The van der Waals surface area contributed by atoms with Crippen LogP contribution in [0.2, 0.25) is 0 Å². The van der Waals surface area contributed by atoms with Crippen molar-refractivity contribution in [1.82, 2.24) is 9.80 Å². The highest BCUT2D eigenvalue weighted by Gasteiger charge is 2.21. The molecule has 1 rings (SSSR count). The van der Waals surface area contributed by atoms with Gasteiger partial charge < -0.3 is 9.80 Å². The Morgan fingerprint density at radius 1 is 1.26 bits per heavy atom.